The summed E-state index contributed by atoms with van der Waals surface area (Å²) in [5.41, 5.74) is 0.241. The summed E-state index contributed by atoms with van der Waals surface area (Å²) < 4.78 is 13.1. The summed E-state index contributed by atoms with van der Waals surface area (Å²) >= 11 is 1.24. The molecular weight excluding hydrogens is 207 g/mol. The van der Waals surface area contributed by atoms with Crippen molar-refractivity contribution in [2.75, 3.05) is 6.26 Å². The average Bonchev–Trinajstić information content (AvgIpc) is 2.15. The molecule has 0 spiro atoms. The summed E-state index contributed by atoms with van der Waals surface area (Å²) in [7, 11) is 0. The van der Waals surface area contributed by atoms with Crippen molar-refractivity contribution in [2.45, 2.75) is 18.0 Å². The van der Waals surface area contributed by atoms with E-state index in [0.29, 0.717) is 5.16 Å². The van der Waals surface area contributed by atoms with Gasteiger partial charge in [0.05, 0.1) is 0 Å². The van der Waals surface area contributed by atoms with Crippen LogP contribution in [0.4, 0.5) is 4.39 Å². The lowest BCUT2D eigenvalue weighted by Gasteiger charge is -2.00. The number of halogens is 1. The van der Waals surface area contributed by atoms with Crippen molar-refractivity contribution in [3.63, 3.8) is 0 Å². The summed E-state index contributed by atoms with van der Waals surface area (Å²) in [5.74, 6) is -1.59. The number of hydrogen-bond donors (Lipinski definition) is 1. The van der Waals surface area contributed by atoms with Crippen molar-refractivity contribution in [1.82, 2.24) is 9.97 Å². The van der Waals surface area contributed by atoms with Crippen molar-refractivity contribution in [3.05, 3.63) is 17.7 Å². The fraction of sp³-hybridized carbons (Fsp3) is 0.375. The van der Waals surface area contributed by atoms with E-state index in [1.165, 1.54) is 18.0 Å². The highest BCUT2D eigenvalue weighted by molar-refractivity contribution is 7.98. The molecule has 1 aromatic rings. The van der Waals surface area contributed by atoms with E-state index in [1.54, 1.807) is 6.26 Å². The Morgan fingerprint density at radius 2 is 2.43 bits per heavy atom. The molecule has 0 aliphatic rings. The lowest BCUT2D eigenvalue weighted by atomic mass is 10.2. The van der Waals surface area contributed by atoms with Crippen molar-refractivity contribution in [1.29, 1.82) is 0 Å². The number of aliphatic carboxylic acids is 1. The lowest BCUT2D eigenvalue weighted by Crippen LogP contribution is -2.02. The number of hydrogen-bond acceptors (Lipinski definition) is 4. The minimum Gasteiger partial charge on any atom is -0.481 e. The predicted molar refractivity (Wildman–Crippen MR) is 49.7 cm³/mol. The average molecular weight is 216 g/mol. The highest BCUT2D eigenvalue weighted by Crippen LogP contribution is 2.12. The molecule has 0 atom stereocenters. The third kappa shape index (κ3) is 2.95. The molecule has 0 aromatic carbocycles. The van der Waals surface area contributed by atoms with Crippen molar-refractivity contribution in [3.8, 4) is 0 Å². The molecule has 1 rings (SSSR count). The van der Waals surface area contributed by atoms with Gasteiger partial charge in [0.2, 0.25) is 5.95 Å². The van der Waals surface area contributed by atoms with E-state index in [2.05, 4.69) is 9.97 Å². The molecule has 0 saturated heterocycles. The normalized spacial score (nSPS) is 10.1. The van der Waals surface area contributed by atoms with Crippen LogP contribution < -0.4 is 0 Å². The van der Waals surface area contributed by atoms with Crippen molar-refractivity contribution in [2.24, 2.45) is 0 Å². The Balaban J connectivity index is 2.73. The maximum Gasteiger partial charge on any atom is 0.303 e. The van der Waals surface area contributed by atoms with Crippen LogP contribution in [0.15, 0.2) is 11.4 Å². The second-order valence-corrected chi connectivity index (χ2v) is 3.34. The number of carboxylic acids is 1. The van der Waals surface area contributed by atoms with Gasteiger partial charge in [-0.15, -0.1) is 0 Å². The van der Waals surface area contributed by atoms with Gasteiger partial charge < -0.3 is 5.11 Å². The van der Waals surface area contributed by atoms with Gasteiger partial charge in [-0.3, -0.25) is 4.79 Å². The second-order valence-electron chi connectivity index (χ2n) is 2.57. The molecule has 0 fully saturated rings. The zero-order chi connectivity index (χ0) is 10.6. The maximum absolute atomic E-state index is 13.1. The van der Waals surface area contributed by atoms with Crippen molar-refractivity contribution >= 4 is 17.7 Å². The first-order chi connectivity index (χ1) is 6.63. The number of aryl methyl sites for hydroxylation is 1. The summed E-state index contributed by atoms with van der Waals surface area (Å²) in [4.78, 5) is 17.7. The zero-order valence-corrected chi connectivity index (χ0v) is 8.34. The fourth-order valence-electron chi connectivity index (χ4n) is 0.879. The van der Waals surface area contributed by atoms with E-state index in [-0.39, 0.29) is 18.4 Å². The maximum atomic E-state index is 13.1. The topological polar surface area (TPSA) is 63.1 Å². The van der Waals surface area contributed by atoms with Crippen LogP contribution in [0, 0.1) is 5.95 Å². The second kappa shape index (κ2) is 4.90. The molecule has 0 bridgehead atoms. The van der Waals surface area contributed by atoms with Gasteiger partial charge in [0, 0.05) is 18.2 Å². The van der Waals surface area contributed by atoms with Gasteiger partial charge in [0.15, 0.2) is 5.16 Å². The van der Waals surface area contributed by atoms with Crippen LogP contribution in [0.2, 0.25) is 0 Å². The minimum atomic E-state index is -0.960. The van der Waals surface area contributed by atoms with Crippen LogP contribution in [0.25, 0.3) is 0 Å². The molecule has 0 aliphatic heterocycles. The van der Waals surface area contributed by atoms with Crippen LogP contribution in [0.1, 0.15) is 12.0 Å². The summed E-state index contributed by atoms with van der Waals surface area (Å²) in [6.45, 7) is 0. The molecule has 0 unspecified atom stereocenters. The summed E-state index contributed by atoms with van der Waals surface area (Å²) in [5, 5.41) is 8.75. The molecule has 1 N–H and O–H groups in total. The summed E-state index contributed by atoms with van der Waals surface area (Å²) in [6.07, 6.45) is 3.08. The number of carboxylic acid groups (broad SMARTS) is 1. The van der Waals surface area contributed by atoms with E-state index in [4.69, 9.17) is 5.11 Å². The number of rotatable bonds is 4. The molecule has 76 valence electrons. The van der Waals surface area contributed by atoms with Gasteiger partial charge in [0.25, 0.3) is 0 Å². The largest absolute Gasteiger partial charge is 0.481 e. The lowest BCUT2D eigenvalue weighted by molar-refractivity contribution is -0.136. The molecule has 1 aromatic heterocycles. The van der Waals surface area contributed by atoms with E-state index in [0.717, 1.165) is 0 Å². The van der Waals surface area contributed by atoms with Crippen molar-refractivity contribution < 1.29 is 14.3 Å². The van der Waals surface area contributed by atoms with E-state index in [1.807, 2.05) is 0 Å². The van der Waals surface area contributed by atoms with Crippen LogP contribution >= 0.6 is 11.8 Å². The van der Waals surface area contributed by atoms with Crippen LogP contribution in [-0.2, 0) is 11.2 Å². The first kappa shape index (κ1) is 10.9. The van der Waals surface area contributed by atoms with Gasteiger partial charge in [-0.25, -0.2) is 4.98 Å². The molecule has 0 radical (unpaired) electrons. The highest BCUT2D eigenvalue weighted by atomic mass is 32.2. The smallest absolute Gasteiger partial charge is 0.303 e. The Kier molecular flexibility index (Phi) is 3.82. The Morgan fingerprint density at radius 1 is 1.71 bits per heavy atom. The first-order valence-electron chi connectivity index (χ1n) is 3.90. The Bertz CT molecular complexity index is 346. The van der Waals surface area contributed by atoms with Gasteiger partial charge in [-0.05, 0) is 12.7 Å². The standard InChI is InChI=1S/C8H9FN2O2S/c1-14-8-10-4-5(7(9)11-8)2-3-6(12)13/h4H,2-3H2,1H3,(H,12,13). The van der Waals surface area contributed by atoms with Gasteiger partial charge in [0.1, 0.15) is 0 Å². The third-order valence-electron chi connectivity index (χ3n) is 1.58. The molecule has 0 aliphatic carbocycles. The Morgan fingerprint density at radius 3 is 2.93 bits per heavy atom. The molecule has 6 heteroatoms. The monoisotopic (exact) mass is 216 g/mol. The minimum absolute atomic E-state index is 0.112. The molecule has 1 heterocycles. The van der Waals surface area contributed by atoms with Gasteiger partial charge >= 0.3 is 5.97 Å². The number of carbonyl (C=O) groups is 1. The third-order valence-corrected chi connectivity index (χ3v) is 2.14. The van der Waals surface area contributed by atoms with Crippen LogP contribution in [0.3, 0.4) is 0 Å². The van der Waals surface area contributed by atoms with E-state index >= 15 is 0 Å². The van der Waals surface area contributed by atoms with E-state index < -0.39 is 11.9 Å². The zero-order valence-electron chi connectivity index (χ0n) is 7.53. The number of thioether (sulfide) groups is 1. The van der Waals surface area contributed by atoms with Crippen LogP contribution in [0.5, 0.6) is 0 Å². The van der Waals surface area contributed by atoms with Gasteiger partial charge in [-0.1, -0.05) is 11.8 Å². The molecule has 0 amide bonds. The molecule has 0 saturated carbocycles. The van der Waals surface area contributed by atoms with Gasteiger partial charge in [-0.2, -0.15) is 9.37 Å². The molecular formula is C8H9FN2O2S. The quantitative estimate of drug-likeness (QED) is 0.467. The number of aromatic nitrogens is 2. The number of nitrogens with zero attached hydrogens (tertiary/aromatic N) is 2. The highest BCUT2D eigenvalue weighted by Gasteiger charge is 2.07. The Hall–Kier alpha value is -1.17. The Labute approximate surface area is 84.6 Å². The fourth-order valence-corrected chi connectivity index (χ4v) is 1.21. The molecule has 4 nitrogen and oxygen atoms in total. The SMILES string of the molecule is CSc1ncc(CCC(=O)O)c(F)n1. The molecule has 14 heavy (non-hydrogen) atoms. The van der Waals surface area contributed by atoms with E-state index in [9.17, 15) is 9.18 Å². The predicted octanol–water partition coefficient (Wildman–Crippen LogP) is 1.35. The summed E-state index contributed by atoms with van der Waals surface area (Å²) in [6, 6.07) is 0. The first-order valence-corrected chi connectivity index (χ1v) is 5.13. The van der Waals surface area contributed by atoms with Crippen LogP contribution in [-0.4, -0.2) is 27.3 Å².